The number of benzene rings is 5. The highest BCUT2D eigenvalue weighted by molar-refractivity contribution is 5.89. The third kappa shape index (κ3) is 3.69. The number of ether oxygens (including phenoxy) is 1. The molecule has 2 atom stereocenters. The standard InChI is InChI=1S/C31H25NO/c1-4-12-23(13-5-1)22-32-30(25-15-6-2-7-16-25)29-27-19-11-10-14-24(27)20-21-28(29)33-31(32)26-17-8-3-9-18-26/h1-21,30-31H,22H2/t30-,31+/m1/s1. The fourth-order valence-electron chi connectivity index (χ4n) is 4.99. The molecule has 1 aliphatic rings. The summed E-state index contributed by atoms with van der Waals surface area (Å²) in [6.45, 7) is 0.780. The predicted molar refractivity (Wildman–Crippen MR) is 134 cm³/mol. The maximum absolute atomic E-state index is 6.79. The average molecular weight is 428 g/mol. The largest absolute Gasteiger partial charge is 0.470 e. The lowest BCUT2D eigenvalue weighted by Gasteiger charge is -2.44. The van der Waals surface area contributed by atoms with E-state index in [1.807, 2.05) is 0 Å². The summed E-state index contributed by atoms with van der Waals surface area (Å²) < 4.78 is 6.79. The summed E-state index contributed by atoms with van der Waals surface area (Å²) >= 11 is 0. The maximum atomic E-state index is 6.79. The van der Waals surface area contributed by atoms with Gasteiger partial charge in [0, 0.05) is 17.7 Å². The number of nitrogens with zero attached hydrogens (tertiary/aromatic N) is 1. The second kappa shape index (κ2) is 8.57. The molecule has 0 fully saturated rings. The molecule has 5 aromatic carbocycles. The van der Waals surface area contributed by atoms with E-state index in [4.69, 9.17) is 4.74 Å². The molecule has 0 bridgehead atoms. The van der Waals surface area contributed by atoms with Crippen molar-refractivity contribution in [2.75, 3.05) is 0 Å². The van der Waals surface area contributed by atoms with Crippen LogP contribution >= 0.6 is 0 Å². The molecule has 160 valence electrons. The Kier molecular flexibility index (Phi) is 5.14. The second-order valence-corrected chi connectivity index (χ2v) is 8.55. The van der Waals surface area contributed by atoms with Crippen LogP contribution < -0.4 is 4.74 Å². The minimum Gasteiger partial charge on any atom is -0.470 e. The van der Waals surface area contributed by atoms with E-state index in [-0.39, 0.29) is 12.3 Å². The summed E-state index contributed by atoms with van der Waals surface area (Å²) in [5.74, 6) is 0.959. The number of hydrogen-bond donors (Lipinski definition) is 0. The van der Waals surface area contributed by atoms with E-state index in [0.717, 1.165) is 17.9 Å². The first kappa shape index (κ1) is 19.8. The minimum absolute atomic E-state index is 0.0615. The molecule has 2 nitrogen and oxygen atoms in total. The van der Waals surface area contributed by atoms with Gasteiger partial charge < -0.3 is 4.74 Å². The monoisotopic (exact) mass is 427 g/mol. The fraction of sp³-hybridized carbons (Fsp3) is 0.0968. The summed E-state index contributed by atoms with van der Waals surface area (Å²) in [5.41, 5.74) is 4.94. The average Bonchev–Trinajstić information content (AvgIpc) is 2.90. The zero-order valence-corrected chi connectivity index (χ0v) is 18.3. The van der Waals surface area contributed by atoms with Crippen molar-refractivity contribution in [1.29, 1.82) is 0 Å². The van der Waals surface area contributed by atoms with Crippen LogP contribution in [0.3, 0.4) is 0 Å². The lowest BCUT2D eigenvalue weighted by molar-refractivity contribution is -0.0251. The van der Waals surface area contributed by atoms with Crippen molar-refractivity contribution >= 4 is 10.8 Å². The highest BCUT2D eigenvalue weighted by atomic mass is 16.5. The Balaban J connectivity index is 1.60. The predicted octanol–water partition coefficient (Wildman–Crippen LogP) is 7.52. The molecular formula is C31H25NO. The first-order valence-electron chi connectivity index (χ1n) is 11.5. The van der Waals surface area contributed by atoms with Crippen molar-refractivity contribution in [3.05, 3.63) is 150 Å². The molecule has 1 heterocycles. The molecule has 0 saturated heterocycles. The molecule has 0 aliphatic carbocycles. The molecule has 0 aromatic heterocycles. The number of fused-ring (bicyclic) bond motifs is 3. The maximum Gasteiger partial charge on any atom is 0.180 e. The molecule has 0 saturated carbocycles. The Bertz CT molecular complexity index is 1370. The first-order valence-corrected chi connectivity index (χ1v) is 11.5. The van der Waals surface area contributed by atoms with Crippen LogP contribution in [0, 0.1) is 0 Å². The third-order valence-electron chi connectivity index (χ3n) is 6.48. The summed E-state index contributed by atoms with van der Waals surface area (Å²) in [6.07, 6.45) is -0.190. The van der Waals surface area contributed by atoms with E-state index in [1.54, 1.807) is 0 Å². The Labute approximate surface area is 194 Å². The molecule has 5 aromatic rings. The molecule has 0 amide bonds. The Morgan fingerprint density at radius 1 is 0.576 bits per heavy atom. The van der Waals surface area contributed by atoms with Crippen LogP contribution in [0.1, 0.15) is 34.5 Å². The van der Waals surface area contributed by atoms with Crippen molar-refractivity contribution in [3.63, 3.8) is 0 Å². The molecule has 1 aliphatic heterocycles. The minimum atomic E-state index is -0.190. The molecule has 2 heteroatoms. The molecule has 6 rings (SSSR count). The van der Waals surface area contributed by atoms with Gasteiger partial charge in [0.2, 0.25) is 0 Å². The molecular weight excluding hydrogens is 402 g/mol. The van der Waals surface area contributed by atoms with Crippen LogP contribution in [0.5, 0.6) is 5.75 Å². The highest BCUT2D eigenvalue weighted by Gasteiger charge is 2.38. The Morgan fingerprint density at radius 3 is 1.91 bits per heavy atom. The summed E-state index contributed by atoms with van der Waals surface area (Å²) in [7, 11) is 0. The molecule has 0 N–H and O–H groups in total. The topological polar surface area (TPSA) is 12.5 Å². The highest BCUT2D eigenvalue weighted by Crippen LogP contribution is 2.48. The SMILES string of the molecule is c1ccc(CN2[C@H](c3ccccc3)c3c(ccc4ccccc34)O[C@H]2c2ccccc2)cc1. The Hall–Kier alpha value is -3.88. The van der Waals surface area contributed by atoms with E-state index < -0.39 is 0 Å². The van der Waals surface area contributed by atoms with Gasteiger partial charge in [0.15, 0.2) is 6.23 Å². The quantitative estimate of drug-likeness (QED) is 0.294. The van der Waals surface area contributed by atoms with Crippen molar-refractivity contribution in [3.8, 4) is 5.75 Å². The van der Waals surface area contributed by atoms with Crippen LogP contribution in [0.25, 0.3) is 10.8 Å². The zero-order valence-electron chi connectivity index (χ0n) is 18.3. The van der Waals surface area contributed by atoms with Gasteiger partial charge in [-0.05, 0) is 28.0 Å². The summed E-state index contributed by atoms with van der Waals surface area (Å²) in [5, 5.41) is 2.48. The zero-order chi connectivity index (χ0) is 22.0. The summed E-state index contributed by atoms with van der Waals surface area (Å²) in [4.78, 5) is 2.49. The molecule has 0 unspecified atom stereocenters. The van der Waals surface area contributed by atoms with Crippen LogP contribution in [0.2, 0.25) is 0 Å². The molecule has 33 heavy (non-hydrogen) atoms. The van der Waals surface area contributed by atoms with E-state index in [9.17, 15) is 0 Å². The van der Waals surface area contributed by atoms with E-state index in [1.165, 1.54) is 27.5 Å². The van der Waals surface area contributed by atoms with Gasteiger partial charge in [-0.25, -0.2) is 4.90 Å². The van der Waals surface area contributed by atoms with Crippen LogP contribution in [-0.2, 0) is 6.54 Å². The van der Waals surface area contributed by atoms with Gasteiger partial charge in [-0.2, -0.15) is 0 Å². The normalized spacial score (nSPS) is 17.9. The van der Waals surface area contributed by atoms with Crippen molar-refractivity contribution in [1.82, 2.24) is 4.90 Å². The lowest BCUT2D eigenvalue weighted by atomic mass is 9.89. The fourth-order valence-corrected chi connectivity index (χ4v) is 4.99. The lowest BCUT2D eigenvalue weighted by Crippen LogP contribution is -2.40. The first-order chi connectivity index (χ1) is 16.4. The Morgan fingerprint density at radius 2 is 1.18 bits per heavy atom. The van der Waals surface area contributed by atoms with Gasteiger partial charge in [0.1, 0.15) is 5.75 Å². The third-order valence-corrected chi connectivity index (χ3v) is 6.48. The van der Waals surface area contributed by atoms with Gasteiger partial charge in [-0.3, -0.25) is 0 Å². The number of hydrogen-bond acceptors (Lipinski definition) is 2. The van der Waals surface area contributed by atoms with Gasteiger partial charge in [0.25, 0.3) is 0 Å². The van der Waals surface area contributed by atoms with Crippen molar-refractivity contribution in [2.45, 2.75) is 18.8 Å². The molecule has 0 radical (unpaired) electrons. The van der Waals surface area contributed by atoms with Crippen LogP contribution in [-0.4, -0.2) is 4.90 Å². The van der Waals surface area contributed by atoms with E-state index in [0.29, 0.717) is 0 Å². The summed E-state index contributed by atoms with van der Waals surface area (Å²) in [6, 6.07) is 45.1. The van der Waals surface area contributed by atoms with E-state index in [2.05, 4.69) is 132 Å². The number of rotatable bonds is 4. The van der Waals surface area contributed by atoms with Crippen LogP contribution in [0.15, 0.2) is 127 Å². The van der Waals surface area contributed by atoms with E-state index >= 15 is 0 Å². The second-order valence-electron chi connectivity index (χ2n) is 8.55. The smallest absolute Gasteiger partial charge is 0.180 e. The van der Waals surface area contributed by atoms with Gasteiger partial charge in [-0.1, -0.05) is 121 Å². The van der Waals surface area contributed by atoms with Crippen molar-refractivity contribution < 1.29 is 4.74 Å². The van der Waals surface area contributed by atoms with Gasteiger partial charge in [0.05, 0.1) is 6.04 Å². The van der Waals surface area contributed by atoms with Crippen molar-refractivity contribution in [2.24, 2.45) is 0 Å². The van der Waals surface area contributed by atoms with Crippen LogP contribution in [0.4, 0.5) is 0 Å². The van der Waals surface area contributed by atoms with Gasteiger partial charge >= 0.3 is 0 Å². The molecule has 0 spiro atoms. The van der Waals surface area contributed by atoms with Gasteiger partial charge in [-0.15, -0.1) is 0 Å².